The molecule has 0 bridgehead atoms. The van der Waals surface area contributed by atoms with Crippen molar-refractivity contribution in [2.24, 2.45) is 0 Å². The summed E-state index contributed by atoms with van der Waals surface area (Å²) in [6, 6.07) is -0.347. The Bertz CT molecular complexity index is 474. The van der Waals surface area contributed by atoms with E-state index in [1.807, 2.05) is 20.8 Å². The highest BCUT2D eigenvalue weighted by molar-refractivity contribution is 5.75. The molecule has 1 heterocycles. The van der Waals surface area contributed by atoms with Gasteiger partial charge in [-0.1, -0.05) is 5.16 Å². The third-order valence-corrected chi connectivity index (χ3v) is 2.94. The first-order valence-electron chi connectivity index (χ1n) is 6.45. The average Bonchev–Trinajstić information content (AvgIpc) is 2.64. The largest absolute Gasteiger partial charge is 0.481 e. The monoisotopic (exact) mass is 283 g/mol. The third-order valence-electron chi connectivity index (χ3n) is 2.94. The summed E-state index contributed by atoms with van der Waals surface area (Å²) in [5, 5.41) is 17.8. The molecule has 1 aromatic rings. The molecule has 20 heavy (non-hydrogen) atoms. The van der Waals surface area contributed by atoms with Gasteiger partial charge in [-0.2, -0.15) is 0 Å². The van der Waals surface area contributed by atoms with E-state index in [-0.39, 0.29) is 12.5 Å². The molecule has 0 aromatic carbocycles. The van der Waals surface area contributed by atoms with E-state index in [2.05, 4.69) is 15.8 Å². The van der Waals surface area contributed by atoms with Crippen molar-refractivity contribution in [3.05, 3.63) is 17.0 Å². The van der Waals surface area contributed by atoms with E-state index >= 15 is 0 Å². The van der Waals surface area contributed by atoms with Gasteiger partial charge in [0.2, 0.25) is 0 Å². The van der Waals surface area contributed by atoms with Gasteiger partial charge in [0.05, 0.1) is 11.2 Å². The Balaban J connectivity index is 2.54. The maximum atomic E-state index is 11.8. The van der Waals surface area contributed by atoms with E-state index in [0.717, 1.165) is 11.3 Å². The summed E-state index contributed by atoms with van der Waals surface area (Å²) in [5.74, 6) is -0.207. The number of amides is 2. The Morgan fingerprint density at radius 3 is 2.50 bits per heavy atom. The van der Waals surface area contributed by atoms with Crippen molar-refractivity contribution in [1.29, 1.82) is 0 Å². The number of nitrogens with zero attached hydrogens (tertiary/aromatic N) is 1. The Morgan fingerprint density at radius 2 is 2.00 bits per heavy atom. The molecule has 0 fully saturated rings. The van der Waals surface area contributed by atoms with Crippen LogP contribution in [0.1, 0.15) is 43.7 Å². The lowest BCUT2D eigenvalue weighted by Gasteiger charge is -2.26. The summed E-state index contributed by atoms with van der Waals surface area (Å²) in [6.45, 7) is 7.64. The standard InChI is InChI=1S/C13H21N3O4/c1-8-11(9(2)20-16-8)13(3,4)15-12(19)14-7-5-6-10(17)18/h5-7H2,1-4H3,(H,17,18)(H2,14,15,19). The maximum absolute atomic E-state index is 11.8. The summed E-state index contributed by atoms with van der Waals surface area (Å²) in [6.07, 6.45) is 0.433. The molecule has 7 nitrogen and oxygen atoms in total. The third kappa shape index (κ3) is 4.25. The van der Waals surface area contributed by atoms with Gasteiger partial charge in [-0.05, 0) is 34.1 Å². The highest BCUT2D eigenvalue weighted by Gasteiger charge is 2.29. The number of aliphatic carboxylic acids is 1. The van der Waals surface area contributed by atoms with Crippen LogP contribution in [-0.2, 0) is 10.3 Å². The van der Waals surface area contributed by atoms with Crippen molar-refractivity contribution in [2.45, 2.75) is 46.1 Å². The molecular weight excluding hydrogens is 262 g/mol. The minimum absolute atomic E-state index is 0.0353. The van der Waals surface area contributed by atoms with Crippen LogP contribution in [0.3, 0.4) is 0 Å². The van der Waals surface area contributed by atoms with Crippen molar-refractivity contribution in [3.63, 3.8) is 0 Å². The predicted molar refractivity (Wildman–Crippen MR) is 72.4 cm³/mol. The highest BCUT2D eigenvalue weighted by atomic mass is 16.5. The minimum atomic E-state index is -0.872. The van der Waals surface area contributed by atoms with E-state index in [9.17, 15) is 9.59 Å². The van der Waals surface area contributed by atoms with Gasteiger partial charge in [-0.25, -0.2) is 4.79 Å². The van der Waals surface area contributed by atoms with Gasteiger partial charge in [-0.3, -0.25) is 4.79 Å². The fraction of sp³-hybridized carbons (Fsp3) is 0.615. The van der Waals surface area contributed by atoms with Gasteiger partial charge < -0.3 is 20.3 Å². The Kier molecular flexibility index (Phi) is 5.12. The number of carboxylic acid groups (broad SMARTS) is 1. The summed E-state index contributed by atoms with van der Waals surface area (Å²) in [4.78, 5) is 22.2. The summed E-state index contributed by atoms with van der Waals surface area (Å²) in [5.41, 5.74) is 0.960. The minimum Gasteiger partial charge on any atom is -0.481 e. The maximum Gasteiger partial charge on any atom is 0.315 e. The number of rotatable bonds is 6. The van der Waals surface area contributed by atoms with Crippen LogP contribution >= 0.6 is 0 Å². The molecule has 0 unspecified atom stereocenters. The normalized spacial score (nSPS) is 11.2. The van der Waals surface area contributed by atoms with Crippen LogP contribution in [0, 0.1) is 13.8 Å². The number of aromatic nitrogens is 1. The molecule has 0 aliphatic rings. The van der Waals surface area contributed by atoms with Gasteiger partial charge in [0, 0.05) is 18.5 Å². The van der Waals surface area contributed by atoms with Gasteiger partial charge in [0.1, 0.15) is 5.76 Å². The molecule has 0 aliphatic heterocycles. The van der Waals surface area contributed by atoms with Crippen molar-refractivity contribution in [3.8, 4) is 0 Å². The number of hydrogen-bond donors (Lipinski definition) is 3. The molecule has 2 amide bonds. The second kappa shape index (κ2) is 6.40. The molecule has 7 heteroatoms. The number of hydrogen-bond acceptors (Lipinski definition) is 4. The van der Waals surface area contributed by atoms with E-state index in [1.165, 1.54) is 0 Å². The van der Waals surface area contributed by atoms with Crippen molar-refractivity contribution >= 4 is 12.0 Å². The lowest BCUT2D eigenvalue weighted by molar-refractivity contribution is -0.137. The van der Waals surface area contributed by atoms with E-state index < -0.39 is 11.5 Å². The zero-order valence-corrected chi connectivity index (χ0v) is 12.2. The smallest absolute Gasteiger partial charge is 0.315 e. The average molecular weight is 283 g/mol. The number of carboxylic acids is 1. The van der Waals surface area contributed by atoms with Crippen LogP contribution in [0.4, 0.5) is 4.79 Å². The lowest BCUT2D eigenvalue weighted by Crippen LogP contribution is -2.47. The topological polar surface area (TPSA) is 104 Å². The number of urea groups is 1. The van der Waals surface area contributed by atoms with E-state index in [4.69, 9.17) is 9.63 Å². The number of carbonyl (C=O) groups is 2. The highest BCUT2D eigenvalue weighted by Crippen LogP contribution is 2.26. The Morgan fingerprint density at radius 1 is 1.35 bits per heavy atom. The number of carbonyl (C=O) groups excluding carboxylic acids is 1. The number of aryl methyl sites for hydroxylation is 2. The first-order valence-corrected chi connectivity index (χ1v) is 6.45. The molecule has 1 rings (SSSR count). The van der Waals surface area contributed by atoms with E-state index in [0.29, 0.717) is 18.7 Å². The van der Waals surface area contributed by atoms with Gasteiger partial charge in [0.25, 0.3) is 0 Å². The summed E-state index contributed by atoms with van der Waals surface area (Å²) >= 11 is 0. The quantitative estimate of drug-likeness (QED) is 0.689. The molecule has 0 radical (unpaired) electrons. The zero-order valence-electron chi connectivity index (χ0n) is 12.2. The number of nitrogens with one attached hydrogen (secondary N) is 2. The second-order valence-electron chi connectivity index (χ2n) is 5.20. The zero-order chi connectivity index (χ0) is 15.3. The Labute approximate surface area is 117 Å². The van der Waals surface area contributed by atoms with Gasteiger partial charge >= 0.3 is 12.0 Å². The fourth-order valence-corrected chi connectivity index (χ4v) is 2.21. The molecule has 3 N–H and O–H groups in total. The molecule has 0 spiro atoms. The van der Waals surface area contributed by atoms with Crippen LogP contribution in [0.15, 0.2) is 4.52 Å². The molecule has 1 aromatic heterocycles. The molecule has 0 aliphatic carbocycles. The summed E-state index contributed by atoms with van der Waals surface area (Å²) < 4.78 is 5.10. The lowest BCUT2D eigenvalue weighted by atomic mass is 9.93. The first kappa shape index (κ1) is 16.0. The van der Waals surface area contributed by atoms with Crippen molar-refractivity contribution in [2.75, 3.05) is 6.54 Å². The molecule has 0 saturated heterocycles. The summed E-state index contributed by atoms with van der Waals surface area (Å²) in [7, 11) is 0. The van der Waals surface area contributed by atoms with Crippen LogP contribution < -0.4 is 10.6 Å². The van der Waals surface area contributed by atoms with Crippen LogP contribution in [-0.4, -0.2) is 28.8 Å². The van der Waals surface area contributed by atoms with Crippen LogP contribution in [0.2, 0.25) is 0 Å². The predicted octanol–water partition coefficient (Wildman–Crippen LogP) is 1.69. The van der Waals surface area contributed by atoms with E-state index in [1.54, 1.807) is 6.92 Å². The van der Waals surface area contributed by atoms with Crippen LogP contribution in [0.5, 0.6) is 0 Å². The molecular formula is C13H21N3O4. The van der Waals surface area contributed by atoms with Gasteiger partial charge in [-0.15, -0.1) is 0 Å². The van der Waals surface area contributed by atoms with Gasteiger partial charge in [0.15, 0.2) is 0 Å². The fourth-order valence-electron chi connectivity index (χ4n) is 2.21. The second-order valence-corrected chi connectivity index (χ2v) is 5.20. The first-order chi connectivity index (χ1) is 9.24. The van der Waals surface area contributed by atoms with Crippen molar-refractivity contribution in [1.82, 2.24) is 15.8 Å². The molecule has 0 saturated carbocycles. The SMILES string of the molecule is Cc1noc(C)c1C(C)(C)NC(=O)NCCCC(=O)O. The molecule has 0 atom stereocenters. The molecule has 112 valence electrons. The van der Waals surface area contributed by atoms with Crippen molar-refractivity contribution < 1.29 is 19.2 Å². The Hall–Kier alpha value is -2.05. The van der Waals surface area contributed by atoms with Crippen LogP contribution in [0.25, 0.3) is 0 Å².